The molecule has 3 aromatic heterocycles. The van der Waals surface area contributed by atoms with E-state index in [4.69, 9.17) is 0 Å². The molecular formula is C22H22N6OS2. The zero-order chi connectivity index (χ0) is 21.6. The summed E-state index contributed by atoms with van der Waals surface area (Å²) < 4.78 is 2.07. The van der Waals surface area contributed by atoms with Gasteiger partial charge in [-0.1, -0.05) is 36.9 Å². The third kappa shape index (κ3) is 4.83. The lowest BCUT2D eigenvalue weighted by Crippen LogP contribution is -2.24. The summed E-state index contributed by atoms with van der Waals surface area (Å²) in [6.45, 7) is 4.74. The summed E-state index contributed by atoms with van der Waals surface area (Å²) in [5.74, 6) is 1.24. The van der Waals surface area contributed by atoms with E-state index in [1.54, 1.807) is 29.5 Å². The van der Waals surface area contributed by atoms with Gasteiger partial charge in [-0.2, -0.15) is 0 Å². The number of aromatic nitrogens is 5. The number of nitrogens with one attached hydrogen (secondary N) is 1. The minimum absolute atomic E-state index is 0.127. The number of para-hydroxylation sites is 1. The Morgan fingerprint density at radius 1 is 1.16 bits per heavy atom. The topological polar surface area (TPSA) is 85.6 Å². The van der Waals surface area contributed by atoms with Crippen molar-refractivity contribution < 1.29 is 4.79 Å². The van der Waals surface area contributed by atoms with Crippen LogP contribution in [0.1, 0.15) is 34.4 Å². The molecule has 31 heavy (non-hydrogen) atoms. The lowest BCUT2D eigenvalue weighted by molar-refractivity contribution is 0.0949. The van der Waals surface area contributed by atoms with Crippen molar-refractivity contribution in [1.82, 2.24) is 30.0 Å². The van der Waals surface area contributed by atoms with Crippen molar-refractivity contribution in [2.75, 3.05) is 6.54 Å². The quantitative estimate of drug-likeness (QED) is 0.397. The molecule has 0 bridgehead atoms. The lowest BCUT2D eigenvalue weighted by Gasteiger charge is -2.12. The van der Waals surface area contributed by atoms with Crippen molar-refractivity contribution in [2.45, 2.75) is 31.2 Å². The summed E-state index contributed by atoms with van der Waals surface area (Å²) in [6, 6.07) is 12.0. The first kappa shape index (κ1) is 21.2. The molecule has 0 atom stereocenters. The first-order valence-corrected chi connectivity index (χ1v) is 11.8. The standard InChI is InChI=1S/C22H22N6OS2/c1-3-10-24-21(29)17-13-30-19(25-17)14-31-22-27-26-20(16-8-11-23-12-9-16)28(22)18-7-5-4-6-15(18)2/h4-9,11-13H,3,10,14H2,1-2H3,(H,24,29). The number of rotatable bonds is 8. The molecule has 9 heteroatoms. The maximum Gasteiger partial charge on any atom is 0.270 e. The molecule has 0 saturated heterocycles. The SMILES string of the molecule is CCCNC(=O)c1csc(CSc2nnc(-c3ccncc3)n2-c2ccccc2C)n1. The molecule has 0 radical (unpaired) electrons. The molecule has 3 heterocycles. The maximum atomic E-state index is 12.1. The average Bonchev–Trinajstić information content (AvgIpc) is 3.44. The Labute approximate surface area is 189 Å². The number of amides is 1. The molecule has 1 amide bonds. The van der Waals surface area contributed by atoms with Crippen molar-refractivity contribution >= 4 is 29.0 Å². The van der Waals surface area contributed by atoms with Crippen LogP contribution in [-0.4, -0.2) is 37.2 Å². The lowest BCUT2D eigenvalue weighted by atomic mass is 10.2. The van der Waals surface area contributed by atoms with Crippen molar-refractivity contribution in [3.05, 3.63) is 70.4 Å². The number of carbonyl (C=O) groups is 1. The Hall–Kier alpha value is -3.04. The fourth-order valence-electron chi connectivity index (χ4n) is 3.02. The van der Waals surface area contributed by atoms with E-state index >= 15 is 0 Å². The third-order valence-electron chi connectivity index (χ3n) is 4.57. The zero-order valence-corrected chi connectivity index (χ0v) is 18.9. The van der Waals surface area contributed by atoms with E-state index in [0.29, 0.717) is 18.0 Å². The van der Waals surface area contributed by atoms with E-state index in [2.05, 4.69) is 49.1 Å². The number of hydrogen-bond donors (Lipinski definition) is 1. The molecule has 4 rings (SSSR count). The van der Waals surface area contributed by atoms with Crippen LogP contribution in [0.25, 0.3) is 17.1 Å². The second kappa shape index (κ2) is 9.84. The Kier molecular flexibility index (Phi) is 6.73. The van der Waals surface area contributed by atoms with Crippen LogP contribution in [0.5, 0.6) is 0 Å². The van der Waals surface area contributed by atoms with Gasteiger partial charge in [0.1, 0.15) is 10.7 Å². The molecule has 158 valence electrons. The average molecular weight is 451 g/mol. The summed E-state index contributed by atoms with van der Waals surface area (Å²) in [6.07, 6.45) is 4.40. The molecule has 0 spiro atoms. The number of hydrogen-bond acceptors (Lipinski definition) is 7. The molecule has 7 nitrogen and oxygen atoms in total. The van der Waals surface area contributed by atoms with Crippen molar-refractivity contribution in [3.8, 4) is 17.1 Å². The highest BCUT2D eigenvalue weighted by Crippen LogP contribution is 2.31. The van der Waals surface area contributed by atoms with Gasteiger partial charge in [0, 0.05) is 29.9 Å². The number of nitrogens with zero attached hydrogens (tertiary/aromatic N) is 5. The van der Waals surface area contributed by atoms with E-state index in [0.717, 1.165) is 39.2 Å². The van der Waals surface area contributed by atoms with Gasteiger partial charge in [0.2, 0.25) is 0 Å². The van der Waals surface area contributed by atoms with Crippen LogP contribution < -0.4 is 5.32 Å². The van der Waals surface area contributed by atoms with Crippen LogP contribution in [0, 0.1) is 6.92 Å². The minimum atomic E-state index is -0.127. The predicted molar refractivity (Wildman–Crippen MR) is 124 cm³/mol. The highest BCUT2D eigenvalue weighted by Gasteiger charge is 2.18. The van der Waals surface area contributed by atoms with E-state index in [-0.39, 0.29) is 5.91 Å². The van der Waals surface area contributed by atoms with Gasteiger partial charge in [-0.3, -0.25) is 14.3 Å². The fourth-order valence-corrected chi connectivity index (χ4v) is 4.76. The fraction of sp³-hybridized carbons (Fsp3) is 0.227. The number of carbonyl (C=O) groups excluding carboxylic acids is 1. The molecule has 1 aromatic carbocycles. The van der Waals surface area contributed by atoms with Crippen LogP contribution in [-0.2, 0) is 5.75 Å². The van der Waals surface area contributed by atoms with E-state index in [1.807, 2.05) is 31.2 Å². The highest BCUT2D eigenvalue weighted by molar-refractivity contribution is 7.98. The zero-order valence-electron chi connectivity index (χ0n) is 17.3. The molecule has 0 aliphatic heterocycles. The van der Waals surface area contributed by atoms with Gasteiger partial charge in [0.05, 0.1) is 11.4 Å². The van der Waals surface area contributed by atoms with Gasteiger partial charge >= 0.3 is 0 Å². The van der Waals surface area contributed by atoms with Gasteiger partial charge in [-0.15, -0.1) is 21.5 Å². The summed E-state index contributed by atoms with van der Waals surface area (Å²) in [7, 11) is 0. The van der Waals surface area contributed by atoms with Gasteiger partial charge in [0.25, 0.3) is 5.91 Å². The molecule has 0 aliphatic carbocycles. The number of aryl methyl sites for hydroxylation is 1. The van der Waals surface area contributed by atoms with E-state index < -0.39 is 0 Å². The molecule has 0 unspecified atom stereocenters. The molecular weight excluding hydrogens is 428 g/mol. The number of benzene rings is 1. The molecule has 0 aliphatic rings. The molecule has 0 saturated carbocycles. The van der Waals surface area contributed by atoms with Crippen molar-refractivity contribution in [3.63, 3.8) is 0 Å². The van der Waals surface area contributed by atoms with Gasteiger partial charge < -0.3 is 5.32 Å². The first-order valence-electron chi connectivity index (χ1n) is 9.94. The van der Waals surface area contributed by atoms with Crippen molar-refractivity contribution in [2.24, 2.45) is 0 Å². The van der Waals surface area contributed by atoms with Crippen LogP contribution >= 0.6 is 23.1 Å². The normalized spacial score (nSPS) is 10.9. The Bertz CT molecular complexity index is 1170. The Morgan fingerprint density at radius 3 is 2.74 bits per heavy atom. The smallest absolute Gasteiger partial charge is 0.270 e. The first-order chi connectivity index (χ1) is 15.2. The number of pyridine rings is 1. The number of thioether (sulfide) groups is 1. The summed E-state index contributed by atoms with van der Waals surface area (Å²) in [5.41, 5.74) is 3.57. The van der Waals surface area contributed by atoms with Crippen LogP contribution in [0.15, 0.2) is 59.3 Å². The van der Waals surface area contributed by atoms with Crippen LogP contribution in [0.3, 0.4) is 0 Å². The molecule has 4 aromatic rings. The van der Waals surface area contributed by atoms with Crippen LogP contribution in [0.2, 0.25) is 0 Å². The molecule has 1 N–H and O–H groups in total. The molecule has 0 fully saturated rings. The van der Waals surface area contributed by atoms with Gasteiger partial charge in [-0.05, 0) is 37.1 Å². The van der Waals surface area contributed by atoms with E-state index in [1.165, 1.54) is 11.3 Å². The van der Waals surface area contributed by atoms with Gasteiger partial charge in [-0.25, -0.2) is 4.98 Å². The van der Waals surface area contributed by atoms with Crippen LogP contribution in [0.4, 0.5) is 0 Å². The summed E-state index contributed by atoms with van der Waals surface area (Å²) in [5, 5.41) is 15.2. The highest BCUT2D eigenvalue weighted by atomic mass is 32.2. The van der Waals surface area contributed by atoms with E-state index in [9.17, 15) is 4.79 Å². The second-order valence-electron chi connectivity index (χ2n) is 6.84. The third-order valence-corrected chi connectivity index (χ3v) is 6.54. The maximum absolute atomic E-state index is 12.1. The summed E-state index contributed by atoms with van der Waals surface area (Å²) in [4.78, 5) is 20.7. The Morgan fingerprint density at radius 2 is 1.97 bits per heavy atom. The largest absolute Gasteiger partial charge is 0.351 e. The Balaban J connectivity index is 1.61. The second-order valence-corrected chi connectivity index (χ2v) is 8.72. The van der Waals surface area contributed by atoms with Gasteiger partial charge in [0.15, 0.2) is 11.0 Å². The monoisotopic (exact) mass is 450 g/mol. The predicted octanol–water partition coefficient (Wildman–Crippen LogP) is 4.53. The number of thiazole rings is 1. The van der Waals surface area contributed by atoms with Crippen molar-refractivity contribution in [1.29, 1.82) is 0 Å². The minimum Gasteiger partial charge on any atom is -0.351 e. The summed E-state index contributed by atoms with van der Waals surface area (Å²) >= 11 is 3.03.